The summed E-state index contributed by atoms with van der Waals surface area (Å²) in [5.41, 5.74) is 1.06. The zero-order chi connectivity index (χ0) is 16.3. The molecule has 0 radical (unpaired) electrons. The second-order valence-corrected chi connectivity index (χ2v) is 13.8. The molecule has 0 unspecified atom stereocenters. The average molecular weight is 345 g/mol. The van der Waals surface area contributed by atoms with Crippen molar-refractivity contribution >= 4 is 31.8 Å². The minimum absolute atomic E-state index is 0.0643. The van der Waals surface area contributed by atoms with Crippen LogP contribution in [0.2, 0.25) is 19.6 Å². The van der Waals surface area contributed by atoms with Gasteiger partial charge >= 0.3 is 0 Å². The third kappa shape index (κ3) is 5.46. The molecular weight excluding hydrogens is 316 g/mol. The van der Waals surface area contributed by atoms with E-state index >= 15 is 0 Å². The van der Waals surface area contributed by atoms with E-state index in [0.29, 0.717) is 0 Å². The largest absolute Gasteiger partial charge is 0.544 e. The SMILES string of the molecule is C=C/C(O[Si](C)(C)C)=C(\C(OC)=C1SCCS1)C(C)(C)C. The summed E-state index contributed by atoms with van der Waals surface area (Å²) >= 11 is 3.74. The first-order chi connectivity index (χ1) is 9.60. The summed E-state index contributed by atoms with van der Waals surface area (Å²) in [6, 6.07) is 0. The van der Waals surface area contributed by atoms with Crippen LogP contribution in [-0.2, 0) is 9.16 Å². The smallest absolute Gasteiger partial charge is 0.242 e. The van der Waals surface area contributed by atoms with E-state index in [-0.39, 0.29) is 5.41 Å². The number of methoxy groups -OCH3 is 1. The fourth-order valence-electron chi connectivity index (χ4n) is 2.08. The van der Waals surface area contributed by atoms with Gasteiger partial charge in [0, 0.05) is 17.1 Å². The first kappa shape index (κ1) is 18.8. The Kier molecular flexibility index (Phi) is 6.56. The Morgan fingerprint density at radius 1 is 1.19 bits per heavy atom. The Morgan fingerprint density at radius 2 is 1.71 bits per heavy atom. The van der Waals surface area contributed by atoms with Gasteiger partial charge < -0.3 is 9.16 Å². The molecule has 0 aromatic carbocycles. The highest BCUT2D eigenvalue weighted by Gasteiger charge is 2.31. The van der Waals surface area contributed by atoms with Crippen molar-refractivity contribution < 1.29 is 9.16 Å². The lowest BCUT2D eigenvalue weighted by Gasteiger charge is -2.30. The molecule has 0 aromatic rings. The third-order valence-electron chi connectivity index (χ3n) is 2.76. The molecule has 0 aliphatic carbocycles. The van der Waals surface area contributed by atoms with E-state index in [2.05, 4.69) is 47.0 Å². The van der Waals surface area contributed by atoms with E-state index < -0.39 is 8.32 Å². The molecule has 1 fully saturated rings. The van der Waals surface area contributed by atoms with Gasteiger partial charge in [-0.3, -0.25) is 0 Å². The first-order valence-corrected chi connectivity index (χ1v) is 12.6. The van der Waals surface area contributed by atoms with E-state index in [1.54, 1.807) is 7.11 Å². The fraction of sp³-hybridized carbons (Fsp3) is 0.625. The Morgan fingerprint density at radius 3 is 2.05 bits per heavy atom. The maximum Gasteiger partial charge on any atom is 0.242 e. The van der Waals surface area contributed by atoms with Gasteiger partial charge in [0.2, 0.25) is 8.32 Å². The molecule has 2 nitrogen and oxygen atoms in total. The molecule has 0 bridgehead atoms. The molecule has 0 atom stereocenters. The highest BCUT2D eigenvalue weighted by atomic mass is 32.2. The molecule has 0 spiro atoms. The number of thioether (sulfide) groups is 2. The predicted molar refractivity (Wildman–Crippen MR) is 100 cm³/mol. The minimum atomic E-state index is -1.70. The quantitative estimate of drug-likeness (QED) is 0.366. The van der Waals surface area contributed by atoms with Crippen molar-refractivity contribution in [2.45, 2.75) is 40.4 Å². The second kappa shape index (κ2) is 7.33. The van der Waals surface area contributed by atoms with Crippen LogP contribution in [0.3, 0.4) is 0 Å². The van der Waals surface area contributed by atoms with E-state index in [1.807, 2.05) is 29.6 Å². The molecular formula is C16H28O2S2Si. The third-order valence-corrected chi connectivity index (χ3v) is 6.27. The molecule has 0 aromatic heterocycles. The van der Waals surface area contributed by atoms with Crippen LogP contribution in [0.15, 0.2) is 34.0 Å². The van der Waals surface area contributed by atoms with Gasteiger partial charge in [0.15, 0.2) is 0 Å². The van der Waals surface area contributed by atoms with Gasteiger partial charge in [-0.15, -0.1) is 23.5 Å². The van der Waals surface area contributed by atoms with Crippen molar-refractivity contribution in [3.63, 3.8) is 0 Å². The van der Waals surface area contributed by atoms with Crippen molar-refractivity contribution in [2.75, 3.05) is 18.6 Å². The van der Waals surface area contributed by atoms with Crippen molar-refractivity contribution in [3.8, 4) is 0 Å². The highest BCUT2D eigenvalue weighted by molar-refractivity contribution is 8.25. The molecule has 21 heavy (non-hydrogen) atoms. The van der Waals surface area contributed by atoms with E-state index in [0.717, 1.165) is 28.6 Å². The predicted octanol–water partition coefficient (Wildman–Crippen LogP) is 5.62. The maximum atomic E-state index is 6.29. The lowest BCUT2D eigenvalue weighted by atomic mass is 9.84. The maximum absolute atomic E-state index is 6.29. The molecule has 120 valence electrons. The molecule has 1 aliphatic heterocycles. The Hall–Kier alpha value is -0.263. The van der Waals surface area contributed by atoms with Crippen LogP contribution in [0.4, 0.5) is 0 Å². The van der Waals surface area contributed by atoms with Crippen LogP contribution in [0.1, 0.15) is 20.8 Å². The van der Waals surface area contributed by atoms with Crippen LogP contribution in [0.5, 0.6) is 0 Å². The Balaban J connectivity index is 3.46. The van der Waals surface area contributed by atoms with Gasteiger partial charge in [-0.25, -0.2) is 0 Å². The Bertz CT molecular complexity index is 446. The fourth-order valence-corrected chi connectivity index (χ4v) is 5.42. The van der Waals surface area contributed by atoms with Crippen LogP contribution < -0.4 is 0 Å². The van der Waals surface area contributed by atoms with Crippen molar-refractivity contribution in [1.29, 1.82) is 0 Å². The standard InChI is InChI=1S/C16H28O2S2Si/c1-9-12(18-21(6,7)8)13(16(2,3)4)14(17-5)15-19-10-11-20-15/h9H,1,10-11H2,2-8H3/b13-12-. The topological polar surface area (TPSA) is 18.5 Å². The molecule has 0 saturated carbocycles. The van der Waals surface area contributed by atoms with Crippen LogP contribution in [0, 0.1) is 5.41 Å². The summed E-state index contributed by atoms with van der Waals surface area (Å²) in [5.74, 6) is 4.12. The molecule has 1 rings (SSSR count). The van der Waals surface area contributed by atoms with Gasteiger partial charge in [0.1, 0.15) is 11.5 Å². The van der Waals surface area contributed by atoms with Gasteiger partial charge in [-0.1, -0.05) is 27.4 Å². The highest BCUT2D eigenvalue weighted by Crippen LogP contribution is 2.45. The monoisotopic (exact) mass is 344 g/mol. The summed E-state index contributed by atoms with van der Waals surface area (Å²) in [6.07, 6.45) is 1.84. The first-order valence-electron chi connectivity index (χ1n) is 7.20. The van der Waals surface area contributed by atoms with Gasteiger partial charge in [0.25, 0.3) is 0 Å². The summed E-state index contributed by atoms with van der Waals surface area (Å²) in [6.45, 7) is 17.1. The number of hydrogen-bond donors (Lipinski definition) is 0. The number of hydrogen-bond acceptors (Lipinski definition) is 4. The van der Waals surface area contributed by atoms with E-state index in [9.17, 15) is 0 Å². The average Bonchev–Trinajstić information content (AvgIpc) is 2.84. The summed E-state index contributed by atoms with van der Waals surface area (Å²) in [5, 5.41) is 0. The second-order valence-electron chi connectivity index (χ2n) is 6.93. The number of ether oxygens (including phenoxy) is 1. The number of rotatable bonds is 5. The van der Waals surface area contributed by atoms with Crippen molar-refractivity contribution in [2.24, 2.45) is 5.41 Å². The number of allylic oxidation sites excluding steroid dienone is 2. The van der Waals surface area contributed by atoms with Crippen LogP contribution in [-0.4, -0.2) is 26.9 Å². The zero-order valence-electron chi connectivity index (χ0n) is 14.3. The zero-order valence-corrected chi connectivity index (χ0v) is 17.0. The lowest BCUT2D eigenvalue weighted by molar-refractivity contribution is 0.273. The molecule has 1 heterocycles. The Labute approximate surface area is 139 Å². The summed E-state index contributed by atoms with van der Waals surface area (Å²) < 4.78 is 13.3. The van der Waals surface area contributed by atoms with E-state index in [4.69, 9.17) is 9.16 Å². The summed E-state index contributed by atoms with van der Waals surface area (Å²) in [7, 11) is 0.0508. The van der Waals surface area contributed by atoms with Crippen LogP contribution in [0.25, 0.3) is 0 Å². The van der Waals surface area contributed by atoms with Crippen molar-refractivity contribution in [1.82, 2.24) is 0 Å². The van der Waals surface area contributed by atoms with Crippen molar-refractivity contribution in [3.05, 3.63) is 34.0 Å². The molecule has 1 saturated heterocycles. The van der Waals surface area contributed by atoms with Crippen LogP contribution >= 0.6 is 23.5 Å². The molecule has 0 N–H and O–H groups in total. The van der Waals surface area contributed by atoms with Gasteiger partial charge in [0.05, 0.1) is 11.3 Å². The lowest BCUT2D eigenvalue weighted by Crippen LogP contribution is -2.27. The van der Waals surface area contributed by atoms with Gasteiger partial charge in [-0.05, 0) is 31.1 Å². The summed E-state index contributed by atoms with van der Waals surface area (Å²) in [4.78, 5) is 0. The minimum Gasteiger partial charge on any atom is -0.544 e. The molecule has 5 heteroatoms. The van der Waals surface area contributed by atoms with Gasteiger partial charge in [-0.2, -0.15) is 0 Å². The van der Waals surface area contributed by atoms with E-state index in [1.165, 1.54) is 4.24 Å². The molecule has 0 amide bonds. The normalized spacial score (nSPS) is 17.4. The molecule has 1 aliphatic rings.